The van der Waals surface area contributed by atoms with E-state index in [0.717, 1.165) is 25.7 Å². The molecule has 5 nitrogen and oxygen atoms in total. The Bertz CT molecular complexity index is 614. The van der Waals surface area contributed by atoms with Crippen LogP contribution in [0.1, 0.15) is 43.0 Å². The lowest BCUT2D eigenvalue weighted by Crippen LogP contribution is -2.50. The molecule has 0 radical (unpaired) electrons. The highest BCUT2D eigenvalue weighted by atomic mass is 35.5. The number of thioether (sulfide) groups is 1. The molecular weight excluding hydrogens is 372 g/mol. The van der Waals surface area contributed by atoms with Crippen LogP contribution in [0.4, 0.5) is 0 Å². The quantitative estimate of drug-likeness (QED) is 0.646. The fourth-order valence-electron chi connectivity index (χ4n) is 2.99. The van der Waals surface area contributed by atoms with Crippen LogP contribution >= 0.6 is 23.4 Å². The number of hydrogen-bond donors (Lipinski definition) is 1. The molecule has 1 saturated heterocycles. The van der Waals surface area contributed by atoms with Gasteiger partial charge in [-0.2, -0.15) is 0 Å². The van der Waals surface area contributed by atoms with Crippen molar-refractivity contribution in [1.29, 1.82) is 0 Å². The van der Waals surface area contributed by atoms with Gasteiger partial charge in [0.25, 0.3) is 5.91 Å². The van der Waals surface area contributed by atoms with E-state index < -0.39 is 6.04 Å². The zero-order valence-corrected chi connectivity index (χ0v) is 16.9. The third-order valence-electron chi connectivity index (χ3n) is 4.36. The molecule has 1 aliphatic rings. The number of nitrogens with one attached hydrogen (secondary N) is 1. The van der Waals surface area contributed by atoms with E-state index in [-0.39, 0.29) is 17.2 Å². The summed E-state index contributed by atoms with van der Waals surface area (Å²) >= 11 is 7.73. The third kappa shape index (κ3) is 5.63. The van der Waals surface area contributed by atoms with Crippen LogP contribution in [0.5, 0.6) is 0 Å². The van der Waals surface area contributed by atoms with Crippen molar-refractivity contribution < 1.29 is 14.3 Å². The summed E-state index contributed by atoms with van der Waals surface area (Å²) in [7, 11) is 1.59. The number of nitrogens with zero attached hydrogens (tertiary/aromatic N) is 1. The molecule has 1 aliphatic heterocycles. The molecule has 1 N–H and O–H groups in total. The number of hydrogen-bond acceptors (Lipinski definition) is 4. The molecule has 2 atom stereocenters. The van der Waals surface area contributed by atoms with Crippen LogP contribution in [0.25, 0.3) is 0 Å². The number of methoxy groups -OCH3 is 1. The molecule has 0 aromatic heterocycles. The summed E-state index contributed by atoms with van der Waals surface area (Å²) in [6, 6.07) is 6.45. The lowest BCUT2D eigenvalue weighted by Gasteiger charge is -2.29. The fraction of sp³-hybridized carbons (Fsp3) is 0.579. The molecule has 1 heterocycles. The topological polar surface area (TPSA) is 58.6 Å². The number of carbonyl (C=O) groups excluding carboxylic acids is 2. The first-order valence-electron chi connectivity index (χ1n) is 9.05. The van der Waals surface area contributed by atoms with Crippen LogP contribution in [0, 0.1) is 0 Å². The Kier molecular flexibility index (Phi) is 8.75. The van der Waals surface area contributed by atoms with Gasteiger partial charge in [-0.25, -0.2) is 0 Å². The molecule has 0 bridgehead atoms. The molecule has 2 rings (SSSR count). The summed E-state index contributed by atoms with van der Waals surface area (Å²) < 4.78 is 4.98. The van der Waals surface area contributed by atoms with Crippen LogP contribution < -0.4 is 5.32 Å². The Labute approximate surface area is 164 Å². The zero-order valence-electron chi connectivity index (χ0n) is 15.4. The van der Waals surface area contributed by atoms with Gasteiger partial charge in [0.1, 0.15) is 6.04 Å². The van der Waals surface area contributed by atoms with Crippen LogP contribution in [-0.2, 0) is 9.53 Å². The van der Waals surface area contributed by atoms with Gasteiger partial charge in [-0.1, -0.05) is 43.9 Å². The lowest BCUT2D eigenvalue weighted by atomic mass is 10.1. The minimum absolute atomic E-state index is 0.0196. The summed E-state index contributed by atoms with van der Waals surface area (Å²) in [4.78, 5) is 27.5. The molecule has 0 aliphatic carbocycles. The summed E-state index contributed by atoms with van der Waals surface area (Å²) in [5.41, 5.74) is 0.523. The van der Waals surface area contributed by atoms with Crippen LogP contribution in [0.2, 0.25) is 5.02 Å². The Hall–Kier alpha value is -1.24. The van der Waals surface area contributed by atoms with Crippen molar-refractivity contribution in [3.05, 3.63) is 34.9 Å². The number of rotatable bonds is 9. The van der Waals surface area contributed by atoms with Crippen LogP contribution in [0.3, 0.4) is 0 Å². The van der Waals surface area contributed by atoms with Gasteiger partial charge < -0.3 is 15.0 Å². The van der Waals surface area contributed by atoms with Gasteiger partial charge in [-0.05, 0) is 24.6 Å². The third-order valence-corrected chi connectivity index (χ3v) is 5.95. The van der Waals surface area contributed by atoms with Crippen molar-refractivity contribution in [2.45, 2.75) is 44.0 Å². The van der Waals surface area contributed by atoms with Crippen molar-refractivity contribution in [2.24, 2.45) is 0 Å². The summed E-state index contributed by atoms with van der Waals surface area (Å²) in [5.74, 6) is 0.357. The second-order valence-electron chi connectivity index (χ2n) is 6.31. The average molecular weight is 399 g/mol. The standard InChI is InChI=1S/C19H27ClN2O3S/c1-3-4-5-9-17-22(19(24)14-7-6-8-15(20)12-14)16(13-26-17)18(23)21-10-11-25-2/h6-8,12,16-17H,3-5,9-11,13H2,1-2H3,(H,21,23). The predicted octanol–water partition coefficient (Wildman–Crippen LogP) is 3.57. The molecule has 1 aromatic carbocycles. The highest BCUT2D eigenvalue weighted by molar-refractivity contribution is 8.00. The number of unbranched alkanes of at least 4 members (excludes halogenated alkanes) is 2. The average Bonchev–Trinajstić information content (AvgIpc) is 3.05. The van der Waals surface area contributed by atoms with Gasteiger partial charge in [-0.3, -0.25) is 9.59 Å². The fourth-order valence-corrected chi connectivity index (χ4v) is 4.64. The molecule has 26 heavy (non-hydrogen) atoms. The molecule has 144 valence electrons. The van der Waals surface area contributed by atoms with Crippen LogP contribution in [-0.4, -0.2) is 54.1 Å². The molecule has 1 aromatic rings. The van der Waals surface area contributed by atoms with Gasteiger partial charge in [0.05, 0.1) is 12.0 Å². The van der Waals surface area contributed by atoms with Crippen LogP contribution in [0.15, 0.2) is 24.3 Å². The highest BCUT2D eigenvalue weighted by Crippen LogP contribution is 2.34. The zero-order chi connectivity index (χ0) is 18.9. The SMILES string of the molecule is CCCCCC1SCC(C(=O)NCCOC)N1C(=O)c1cccc(Cl)c1. The minimum atomic E-state index is -0.463. The Morgan fingerprint density at radius 2 is 2.19 bits per heavy atom. The van der Waals surface area contributed by atoms with Crippen molar-refractivity contribution in [3.8, 4) is 0 Å². The normalized spacial score (nSPS) is 19.6. The summed E-state index contributed by atoms with van der Waals surface area (Å²) in [6.45, 7) is 3.05. The largest absolute Gasteiger partial charge is 0.383 e. The van der Waals surface area contributed by atoms with Crippen molar-refractivity contribution in [3.63, 3.8) is 0 Å². The highest BCUT2D eigenvalue weighted by Gasteiger charge is 2.41. The summed E-state index contributed by atoms with van der Waals surface area (Å²) in [6.07, 6.45) is 4.19. The van der Waals surface area contributed by atoms with Gasteiger partial charge in [-0.15, -0.1) is 11.8 Å². The van der Waals surface area contributed by atoms with E-state index in [1.54, 1.807) is 48.0 Å². The molecule has 7 heteroatoms. The molecule has 2 unspecified atom stereocenters. The first kappa shape index (κ1) is 21.1. The minimum Gasteiger partial charge on any atom is -0.383 e. The Morgan fingerprint density at radius 3 is 2.88 bits per heavy atom. The molecule has 1 fully saturated rings. The molecule has 0 saturated carbocycles. The van der Waals surface area contributed by atoms with E-state index in [1.807, 2.05) is 0 Å². The van der Waals surface area contributed by atoms with Gasteiger partial charge >= 0.3 is 0 Å². The predicted molar refractivity (Wildman–Crippen MR) is 107 cm³/mol. The van der Waals surface area contributed by atoms with Crippen molar-refractivity contribution in [2.75, 3.05) is 26.0 Å². The number of halogens is 1. The van der Waals surface area contributed by atoms with Gasteiger partial charge in [0.15, 0.2) is 0 Å². The monoisotopic (exact) mass is 398 g/mol. The lowest BCUT2D eigenvalue weighted by molar-refractivity contribution is -0.125. The van der Waals surface area contributed by atoms with Gasteiger partial charge in [0, 0.05) is 30.0 Å². The number of benzene rings is 1. The first-order chi connectivity index (χ1) is 12.6. The van der Waals surface area contributed by atoms with E-state index in [4.69, 9.17) is 16.3 Å². The Morgan fingerprint density at radius 1 is 1.38 bits per heavy atom. The molecule has 2 amide bonds. The van der Waals surface area contributed by atoms with Crippen molar-refractivity contribution >= 4 is 35.2 Å². The maximum absolute atomic E-state index is 13.1. The van der Waals surface area contributed by atoms with E-state index in [2.05, 4.69) is 12.2 Å². The maximum atomic E-state index is 13.1. The van der Waals surface area contributed by atoms with E-state index in [1.165, 1.54) is 0 Å². The van der Waals surface area contributed by atoms with Crippen molar-refractivity contribution in [1.82, 2.24) is 10.2 Å². The molecule has 0 spiro atoms. The summed E-state index contributed by atoms with van der Waals surface area (Å²) in [5, 5.41) is 3.40. The number of carbonyl (C=O) groups is 2. The van der Waals surface area contributed by atoms with E-state index >= 15 is 0 Å². The number of ether oxygens (including phenoxy) is 1. The van der Waals surface area contributed by atoms with E-state index in [9.17, 15) is 9.59 Å². The smallest absolute Gasteiger partial charge is 0.255 e. The second-order valence-corrected chi connectivity index (χ2v) is 7.95. The Balaban J connectivity index is 2.16. The number of amides is 2. The maximum Gasteiger partial charge on any atom is 0.255 e. The van der Waals surface area contributed by atoms with E-state index in [0.29, 0.717) is 29.5 Å². The first-order valence-corrected chi connectivity index (χ1v) is 10.5. The molecular formula is C19H27ClN2O3S. The second kappa shape index (κ2) is 10.8. The van der Waals surface area contributed by atoms with Gasteiger partial charge in [0.2, 0.25) is 5.91 Å².